The van der Waals surface area contributed by atoms with Crippen LogP contribution in [-0.4, -0.2) is 43.4 Å². The van der Waals surface area contributed by atoms with E-state index in [1.165, 1.54) is 5.56 Å². The Morgan fingerprint density at radius 3 is 2.44 bits per heavy atom. The quantitative estimate of drug-likeness (QED) is 0.762. The van der Waals surface area contributed by atoms with Gasteiger partial charge in [-0.2, -0.15) is 0 Å². The number of benzene rings is 1. The number of halogens is 1. The van der Waals surface area contributed by atoms with Gasteiger partial charge in [0.05, 0.1) is 18.6 Å². The number of carbonyl (C=O) groups is 1. The van der Waals surface area contributed by atoms with Crippen molar-refractivity contribution in [3.63, 3.8) is 0 Å². The van der Waals surface area contributed by atoms with Crippen molar-refractivity contribution in [3.8, 4) is 0 Å². The minimum atomic E-state index is -0.333. The van der Waals surface area contributed by atoms with Gasteiger partial charge in [-0.15, -0.1) is 0 Å². The number of piperidine rings is 1. The fraction of sp³-hybridized carbons (Fsp3) is 0.650. The summed E-state index contributed by atoms with van der Waals surface area (Å²) in [5.41, 5.74) is 0.841. The number of rotatable bonds is 3. The van der Waals surface area contributed by atoms with Crippen LogP contribution in [0.5, 0.6) is 0 Å². The normalized spacial score (nSPS) is 26.9. The second-order valence-corrected chi connectivity index (χ2v) is 8.48. The van der Waals surface area contributed by atoms with E-state index >= 15 is 0 Å². The topological polar surface area (TPSA) is 38.8 Å². The first kappa shape index (κ1) is 17.5. The Kier molecular flexibility index (Phi) is 5.16. The zero-order valence-corrected chi connectivity index (χ0v) is 16.2. The lowest BCUT2D eigenvalue weighted by molar-refractivity contribution is -0.145. The van der Waals surface area contributed by atoms with E-state index < -0.39 is 0 Å². The molecule has 1 aromatic rings. The third-order valence-corrected chi connectivity index (χ3v) is 6.57. The molecule has 1 aliphatic carbocycles. The zero-order valence-electron chi connectivity index (χ0n) is 14.6. The highest BCUT2D eigenvalue weighted by molar-refractivity contribution is 9.10. The second kappa shape index (κ2) is 7.37. The molecule has 5 heteroatoms. The summed E-state index contributed by atoms with van der Waals surface area (Å²) in [7, 11) is 0. The van der Waals surface area contributed by atoms with Crippen LogP contribution in [0.4, 0.5) is 0 Å². The van der Waals surface area contributed by atoms with Crippen molar-refractivity contribution in [2.75, 3.05) is 26.3 Å². The Bertz CT molecular complexity index is 606. The predicted octanol–water partition coefficient (Wildman–Crippen LogP) is 3.87. The van der Waals surface area contributed by atoms with E-state index in [1.807, 2.05) is 0 Å². The van der Waals surface area contributed by atoms with Crippen molar-refractivity contribution < 1.29 is 14.3 Å². The Hall–Kier alpha value is -0.910. The molecular weight excluding hydrogens is 382 g/mol. The van der Waals surface area contributed by atoms with Crippen LogP contribution in [-0.2, 0) is 19.7 Å². The lowest BCUT2D eigenvalue weighted by Crippen LogP contribution is -2.51. The number of carbonyl (C=O) groups excluding carboxylic acids is 1. The first-order chi connectivity index (χ1) is 12.2. The molecule has 0 radical (unpaired) electrons. The molecule has 4 rings (SSSR count). The third-order valence-electron chi connectivity index (χ3n) is 6.04. The summed E-state index contributed by atoms with van der Waals surface area (Å²) in [4.78, 5) is 15.7. The van der Waals surface area contributed by atoms with Crippen LogP contribution in [0, 0.1) is 5.92 Å². The summed E-state index contributed by atoms with van der Waals surface area (Å²) in [5, 5.41) is 0. The van der Waals surface area contributed by atoms with Crippen LogP contribution in [0.3, 0.4) is 0 Å². The molecule has 2 heterocycles. The molecule has 0 aromatic heterocycles. The van der Waals surface area contributed by atoms with E-state index in [0.717, 1.165) is 56.1 Å². The average molecular weight is 408 g/mol. The van der Waals surface area contributed by atoms with Crippen LogP contribution >= 0.6 is 15.9 Å². The van der Waals surface area contributed by atoms with Gasteiger partial charge in [0, 0.05) is 23.5 Å². The van der Waals surface area contributed by atoms with Gasteiger partial charge in [0.2, 0.25) is 5.91 Å². The van der Waals surface area contributed by atoms with E-state index in [9.17, 15) is 4.79 Å². The molecule has 25 heavy (non-hydrogen) atoms. The van der Waals surface area contributed by atoms with Crippen LogP contribution in [0.2, 0.25) is 0 Å². The molecule has 4 nitrogen and oxygen atoms in total. The van der Waals surface area contributed by atoms with Crippen molar-refractivity contribution >= 4 is 21.8 Å². The van der Waals surface area contributed by atoms with Gasteiger partial charge < -0.3 is 14.4 Å². The first-order valence-electron chi connectivity index (χ1n) is 9.48. The van der Waals surface area contributed by atoms with Gasteiger partial charge in [-0.05, 0) is 43.4 Å². The summed E-state index contributed by atoms with van der Waals surface area (Å²) in [5.74, 6) is 0.624. The average Bonchev–Trinajstić information content (AvgIpc) is 3.34. The fourth-order valence-corrected chi connectivity index (χ4v) is 5.01. The minimum Gasteiger partial charge on any atom is -0.350 e. The molecule has 3 aliphatic rings. The van der Waals surface area contributed by atoms with Gasteiger partial charge in [0.15, 0.2) is 6.29 Å². The SMILES string of the molecule is O=C(N1CCCC(C2OCCO2)C1)C1(c2ccc(Br)cc2)CCCC1. The number of nitrogens with zero attached hydrogens (tertiary/aromatic N) is 1. The summed E-state index contributed by atoms with van der Waals surface area (Å²) in [6.07, 6.45) is 6.19. The van der Waals surface area contributed by atoms with Gasteiger partial charge in [0.25, 0.3) is 0 Å². The highest BCUT2D eigenvalue weighted by Gasteiger charge is 2.46. The van der Waals surface area contributed by atoms with Crippen LogP contribution < -0.4 is 0 Å². The smallest absolute Gasteiger partial charge is 0.233 e. The number of likely N-dealkylation sites (tertiary alicyclic amines) is 1. The van der Waals surface area contributed by atoms with Crippen molar-refractivity contribution in [2.45, 2.75) is 50.2 Å². The molecular formula is C20H26BrNO3. The zero-order chi connectivity index (χ0) is 17.3. The Labute approximate surface area is 158 Å². The van der Waals surface area contributed by atoms with E-state index in [1.54, 1.807) is 0 Å². The summed E-state index contributed by atoms with van der Waals surface area (Å²) in [6.45, 7) is 2.98. The predicted molar refractivity (Wildman–Crippen MR) is 99.3 cm³/mol. The molecule has 0 N–H and O–H groups in total. The highest BCUT2D eigenvalue weighted by Crippen LogP contribution is 2.43. The van der Waals surface area contributed by atoms with Gasteiger partial charge in [-0.3, -0.25) is 4.79 Å². The van der Waals surface area contributed by atoms with Crippen molar-refractivity contribution in [1.29, 1.82) is 0 Å². The van der Waals surface area contributed by atoms with Gasteiger partial charge in [-0.25, -0.2) is 0 Å². The van der Waals surface area contributed by atoms with E-state index in [4.69, 9.17) is 9.47 Å². The monoisotopic (exact) mass is 407 g/mol. The van der Waals surface area contributed by atoms with Crippen LogP contribution in [0.25, 0.3) is 0 Å². The van der Waals surface area contributed by atoms with Crippen LogP contribution in [0.15, 0.2) is 28.7 Å². The molecule has 3 fully saturated rings. The maximum Gasteiger partial charge on any atom is 0.233 e. The fourth-order valence-electron chi connectivity index (χ4n) is 4.74. The Balaban J connectivity index is 1.55. The number of amides is 1. The maximum absolute atomic E-state index is 13.6. The van der Waals surface area contributed by atoms with Gasteiger partial charge in [0.1, 0.15) is 0 Å². The lowest BCUT2D eigenvalue weighted by atomic mass is 9.77. The molecule has 1 amide bonds. The maximum atomic E-state index is 13.6. The molecule has 0 bridgehead atoms. The lowest BCUT2D eigenvalue weighted by Gasteiger charge is -2.40. The van der Waals surface area contributed by atoms with Crippen LogP contribution in [0.1, 0.15) is 44.1 Å². The first-order valence-corrected chi connectivity index (χ1v) is 10.3. The molecule has 1 atom stereocenters. The van der Waals surface area contributed by atoms with E-state index in [-0.39, 0.29) is 11.7 Å². The summed E-state index contributed by atoms with van der Waals surface area (Å²) >= 11 is 3.51. The third kappa shape index (κ3) is 3.38. The summed E-state index contributed by atoms with van der Waals surface area (Å²) < 4.78 is 12.5. The van der Waals surface area contributed by atoms with Crippen molar-refractivity contribution in [2.24, 2.45) is 5.92 Å². The molecule has 2 aliphatic heterocycles. The Morgan fingerprint density at radius 2 is 1.76 bits per heavy atom. The molecule has 1 aromatic carbocycles. The molecule has 1 unspecified atom stereocenters. The largest absolute Gasteiger partial charge is 0.350 e. The highest BCUT2D eigenvalue weighted by atomic mass is 79.9. The van der Waals surface area contributed by atoms with Crippen molar-refractivity contribution in [1.82, 2.24) is 4.90 Å². The molecule has 136 valence electrons. The number of ether oxygens (including phenoxy) is 2. The van der Waals surface area contributed by atoms with E-state index in [0.29, 0.717) is 25.0 Å². The number of hydrogen-bond acceptors (Lipinski definition) is 3. The Morgan fingerprint density at radius 1 is 1.08 bits per heavy atom. The molecule has 1 saturated carbocycles. The number of hydrogen-bond donors (Lipinski definition) is 0. The summed E-state index contributed by atoms with van der Waals surface area (Å²) in [6, 6.07) is 8.36. The molecule has 0 spiro atoms. The standard InChI is InChI=1S/C20H26BrNO3/c21-17-7-5-16(6-8-17)20(9-1-2-10-20)19(23)22-11-3-4-15(14-22)18-24-12-13-25-18/h5-8,15,18H,1-4,9-14H2. The van der Waals surface area contributed by atoms with Gasteiger partial charge in [-0.1, -0.05) is 40.9 Å². The minimum absolute atomic E-state index is 0.122. The molecule has 2 saturated heterocycles. The van der Waals surface area contributed by atoms with Crippen molar-refractivity contribution in [3.05, 3.63) is 34.3 Å². The van der Waals surface area contributed by atoms with Gasteiger partial charge >= 0.3 is 0 Å². The second-order valence-electron chi connectivity index (χ2n) is 7.56. The van der Waals surface area contributed by atoms with E-state index in [2.05, 4.69) is 45.1 Å².